The number of hydrogen-bond donors (Lipinski definition) is 0. The van der Waals surface area contributed by atoms with Gasteiger partial charge in [0.25, 0.3) is 0 Å². The van der Waals surface area contributed by atoms with E-state index < -0.39 is 15.8 Å². The summed E-state index contributed by atoms with van der Waals surface area (Å²) >= 11 is 5.73. The Hall–Kier alpha value is -2.11. The van der Waals surface area contributed by atoms with Gasteiger partial charge in [-0.2, -0.15) is 0 Å². The number of carbonyl (C=O) groups is 1. The van der Waals surface area contributed by atoms with Crippen molar-refractivity contribution in [2.45, 2.75) is 11.3 Å². The molecule has 0 spiro atoms. The molecule has 0 fully saturated rings. The predicted molar refractivity (Wildman–Crippen MR) is 94.6 cm³/mol. The molecule has 2 aromatic carbocycles. The Balaban J connectivity index is 1.78. The van der Waals surface area contributed by atoms with Gasteiger partial charge in [-0.25, -0.2) is 8.42 Å². The topological polar surface area (TPSA) is 60.4 Å². The van der Waals surface area contributed by atoms with Crippen molar-refractivity contribution in [2.75, 3.05) is 12.4 Å². The quantitative estimate of drug-likeness (QED) is 0.702. The molecule has 0 saturated carbocycles. The van der Waals surface area contributed by atoms with Gasteiger partial charge < -0.3 is 4.74 Å². The fourth-order valence-electron chi connectivity index (χ4n) is 1.94. The van der Waals surface area contributed by atoms with Crippen molar-refractivity contribution in [3.8, 4) is 0 Å². The Morgan fingerprint density at radius 3 is 2.38 bits per heavy atom. The van der Waals surface area contributed by atoms with Crippen molar-refractivity contribution < 1.29 is 17.9 Å². The molecular weight excluding hydrogens is 348 g/mol. The second-order valence-corrected chi connectivity index (χ2v) is 7.56. The molecule has 0 atom stereocenters. The maximum atomic E-state index is 12.1. The molecule has 0 bridgehead atoms. The molecule has 0 aromatic heterocycles. The van der Waals surface area contributed by atoms with E-state index in [4.69, 9.17) is 16.3 Å². The average Bonchev–Trinajstić information content (AvgIpc) is 2.58. The first-order valence-electron chi connectivity index (χ1n) is 7.33. The van der Waals surface area contributed by atoms with E-state index in [9.17, 15) is 13.2 Å². The second-order valence-electron chi connectivity index (χ2n) is 5.02. The van der Waals surface area contributed by atoms with Gasteiger partial charge in [0.2, 0.25) is 0 Å². The number of halogens is 1. The van der Waals surface area contributed by atoms with Crippen molar-refractivity contribution in [3.63, 3.8) is 0 Å². The third-order valence-corrected chi connectivity index (χ3v) is 5.18. The molecule has 0 radical (unpaired) electrons. The lowest BCUT2D eigenvalue weighted by atomic mass is 10.2. The minimum Gasteiger partial charge on any atom is -0.461 e. The molecule has 0 saturated heterocycles. The van der Waals surface area contributed by atoms with Crippen LogP contribution in [0.3, 0.4) is 0 Å². The zero-order valence-electron chi connectivity index (χ0n) is 12.9. The molecule has 0 aliphatic rings. The first kappa shape index (κ1) is 18.2. The van der Waals surface area contributed by atoms with E-state index in [-0.39, 0.29) is 23.7 Å². The van der Waals surface area contributed by atoms with Gasteiger partial charge >= 0.3 is 5.97 Å². The zero-order chi connectivity index (χ0) is 17.4. The zero-order valence-corrected chi connectivity index (χ0v) is 14.5. The van der Waals surface area contributed by atoms with Gasteiger partial charge in [-0.15, -0.1) is 0 Å². The summed E-state index contributed by atoms with van der Waals surface area (Å²) in [6, 6.07) is 15.4. The summed E-state index contributed by atoms with van der Waals surface area (Å²) in [6.45, 7) is 0.106. The molecule has 2 aromatic rings. The van der Waals surface area contributed by atoms with Crippen molar-refractivity contribution in [2.24, 2.45) is 0 Å². The minimum absolute atomic E-state index is 0.106. The van der Waals surface area contributed by atoms with E-state index in [1.807, 2.05) is 36.4 Å². The number of sulfone groups is 1. The third-order valence-electron chi connectivity index (χ3n) is 3.20. The Kier molecular flexibility index (Phi) is 6.58. The van der Waals surface area contributed by atoms with Crippen molar-refractivity contribution >= 4 is 33.5 Å². The largest absolute Gasteiger partial charge is 0.461 e. The Labute approximate surface area is 146 Å². The van der Waals surface area contributed by atoms with Gasteiger partial charge in [-0.05, 0) is 35.9 Å². The van der Waals surface area contributed by atoms with Crippen LogP contribution in [0.15, 0.2) is 65.6 Å². The molecule has 6 heteroatoms. The summed E-state index contributed by atoms with van der Waals surface area (Å²) in [4.78, 5) is 11.8. The van der Waals surface area contributed by atoms with Crippen LogP contribution in [0.4, 0.5) is 0 Å². The van der Waals surface area contributed by atoms with Crippen LogP contribution in [0.25, 0.3) is 6.08 Å². The monoisotopic (exact) mass is 364 g/mol. The van der Waals surface area contributed by atoms with Crippen LogP contribution in [-0.2, 0) is 19.4 Å². The lowest BCUT2D eigenvalue weighted by molar-refractivity contribution is -0.141. The van der Waals surface area contributed by atoms with Crippen LogP contribution < -0.4 is 0 Å². The molecule has 0 amide bonds. The van der Waals surface area contributed by atoms with Gasteiger partial charge in [0.15, 0.2) is 9.84 Å². The summed E-state index contributed by atoms with van der Waals surface area (Å²) in [6.07, 6.45) is 3.35. The number of esters is 1. The number of carbonyl (C=O) groups excluding carboxylic acids is 1. The molecule has 0 unspecified atom stereocenters. The van der Waals surface area contributed by atoms with E-state index in [1.54, 1.807) is 6.08 Å². The minimum atomic E-state index is -3.52. The summed E-state index contributed by atoms with van der Waals surface area (Å²) < 4.78 is 29.2. The fourth-order valence-corrected chi connectivity index (χ4v) is 3.29. The van der Waals surface area contributed by atoms with Gasteiger partial charge in [-0.3, -0.25) is 4.79 Å². The highest BCUT2D eigenvalue weighted by atomic mass is 35.5. The van der Waals surface area contributed by atoms with Crippen LogP contribution in [-0.4, -0.2) is 26.7 Å². The lowest BCUT2D eigenvalue weighted by Gasteiger charge is -2.05. The number of rotatable bonds is 7. The summed E-state index contributed by atoms with van der Waals surface area (Å²) in [5.74, 6) is -0.846. The maximum absolute atomic E-state index is 12.1. The third kappa shape index (κ3) is 5.83. The van der Waals surface area contributed by atoms with Crippen LogP contribution >= 0.6 is 11.6 Å². The lowest BCUT2D eigenvalue weighted by Crippen LogP contribution is -2.13. The SMILES string of the molecule is O=C(CCS(=O)(=O)c1ccc(Cl)cc1)OC/C=C/c1ccccc1. The summed E-state index contributed by atoms with van der Waals surface area (Å²) in [5, 5.41) is 0.457. The average molecular weight is 365 g/mol. The summed E-state index contributed by atoms with van der Waals surface area (Å²) in [5.41, 5.74) is 0.999. The van der Waals surface area contributed by atoms with Crippen LogP contribution in [0.2, 0.25) is 5.02 Å². The van der Waals surface area contributed by atoms with Crippen LogP contribution in [0.1, 0.15) is 12.0 Å². The fraction of sp³-hybridized carbons (Fsp3) is 0.167. The normalized spacial score (nSPS) is 11.5. The smallest absolute Gasteiger partial charge is 0.307 e. The molecule has 2 rings (SSSR count). The molecule has 4 nitrogen and oxygen atoms in total. The highest BCUT2D eigenvalue weighted by Gasteiger charge is 2.16. The van der Waals surface area contributed by atoms with Crippen molar-refractivity contribution in [1.82, 2.24) is 0 Å². The molecule has 0 aliphatic carbocycles. The molecular formula is C18H17ClO4S. The van der Waals surface area contributed by atoms with Gasteiger partial charge in [0, 0.05) is 5.02 Å². The molecule has 126 valence electrons. The molecule has 0 heterocycles. The van der Waals surface area contributed by atoms with Gasteiger partial charge in [-0.1, -0.05) is 48.0 Å². The molecule has 0 aliphatic heterocycles. The number of hydrogen-bond acceptors (Lipinski definition) is 4. The van der Waals surface area contributed by atoms with Crippen molar-refractivity contribution in [1.29, 1.82) is 0 Å². The van der Waals surface area contributed by atoms with Crippen LogP contribution in [0.5, 0.6) is 0 Å². The Bertz CT molecular complexity index is 797. The first-order chi connectivity index (χ1) is 11.5. The number of benzene rings is 2. The highest BCUT2D eigenvalue weighted by molar-refractivity contribution is 7.91. The number of ether oxygens (including phenoxy) is 1. The van der Waals surface area contributed by atoms with E-state index in [1.165, 1.54) is 24.3 Å². The summed E-state index contributed by atoms with van der Waals surface area (Å²) in [7, 11) is -3.52. The predicted octanol–water partition coefficient (Wildman–Crippen LogP) is 3.76. The standard InChI is InChI=1S/C18H17ClO4S/c19-16-8-10-17(11-9-16)24(21,22)14-12-18(20)23-13-4-7-15-5-2-1-3-6-15/h1-11H,12-14H2/b7-4+. The Morgan fingerprint density at radius 2 is 1.71 bits per heavy atom. The highest BCUT2D eigenvalue weighted by Crippen LogP contribution is 2.16. The molecule has 24 heavy (non-hydrogen) atoms. The van der Waals surface area contributed by atoms with Crippen molar-refractivity contribution in [3.05, 3.63) is 71.3 Å². The second kappa shape index (κ2) is 8.66. The van der Waals surface area contributed by atoms with E-state index in [2.05, 4.69) is 0 Å². The van der Waals surface area contributed by atoms with Gasteiger partial charge in [0.1, 0.15) is 6.61 Å². The molecule has 0 N–H and O–H groups in total. The maximum Gasteiger partial charge on any atom is 0.307 e. The van der Waals surface area contributed by atoms with Gasteiger partial charge in [0.05, 0.1) is 17.1 Å². The van der Waals surface area contributed by atoms with E-state index in [0.29, 0.717) is 5.02 Å². The van der Waals surface area contributed by atoms with E-state index >= 15 is 0 Å². The Morgan fingerprint density at radius 1 is 1.04 bits per heavy atom. The van der Waals surface area contributed by atoms with E-state index in [0.717, 1.165) is 5.56 Å². The first-order valence-corrected chi connectivity index (χ1v) is 9.36. The van der Waals surface area contributed by atoms with Crippen LogP contribution in [0, 0.1) is 0 Å².